The molecule has 2 heterocycles. The molecule has 0 bridgehead atoms. The highest BCUT2D eigenvalue weighted by Crippen LogP contribution is 2.45. The summed E-state index contributed by atoms with van der Waals surface area (Å²) in [7, 11) is 4.36. The minimum absolute atomic E-state index is 0.0862. The van der Waals surface area contributed by atoms with Gasteiger partial charge in [0.1, 0.15) is 17.3 Å². The number of aliphatic hydroxyl groups excluding tert-OH is 1. The van der Waals surface area contributed by atoms with Crippen molar-refractivity contribution < 1.29 is 38.4 Å². The van der Waals surface area contributed by atoms with Gasteiger partial charge in [-0.05, 0) is 43.5 Å². The Balaban J connectivity index is 1.91. The molecule has 0 saturated carbocycles. The Hall–Kier alpha value is -3.43. The Morgan fingerprint density at radius 3 is 2.41 bits per heavy atom. The minimum atomic E-state index is -0.903. The van der Waals surface area contributed by atoms with Gasteiger partial charge >= 0.3 is 0 Å². The van der Waals surface area contributed by atoms with Crippen molar-refractivity contribution >= 4 is 29.1 Å². The topological polar surface area (TPSA) is 104 Å². The molecule has 4 rings (SSSR count). The summed E-state index contributed by atoms with van der Waals surface area (Å²) in [5.74, 6) is -0.493. The first-order chi connectivity index (χ1) is 17.8. The van der Waals surface area contributed by atoms with Gasteiger partial charge < -0.3 is 33.7 Å². The molecule has 2 aliphatic heterocycles. The second kappa shape index (κ2) is 11.3. The molecule has 2 saturated heterocycles. The van der Waals surface area contributed by atoms with Crippen LogP contribution in [-0.4, -0.2) is 68.9 Å². The van der Waals surface area contributed by atoms with E-state index in [0.29, 0.717) is 30.3 Å². The zero-order valence-electron chi connectivity index (χ0n) is 21.2. The lowest BCUT2D eigenvalue weighted by Crippen LogP contribution is -2.36. The van der Waals surface area contributed by atoms with Crippen LogP contribution in [-0.2, 0) is 14.3 Å². The van der Waals surface area contributed by atoms with Crippen LogP contribution < -0.4 is 18.9 Å². The van der Waals surface area contributed by atoms with Crippen molar-refractivity contribution in [2.45, 2.75) is 31.9 Å². The highest BCUT2D eigenvalue weighted by atomic mass is 35.5. The summed E-state index contributed by atoms with van der Waals surface area (Å²) >= 11 is 6.24. The Bertz CT molecular complexity index is 1220. The average Bonchev–Trinajstić information content (AvgIpc) is 3.51. The molecule has 2 fully saturated rings. The van der Waals surface area contributed by atoms with Gasteiger partial charge in [-0.15, -0.1) is 0 Å². The first-order valence-corrected chi connectivity index (χ1v) is 12.3. The molecule has 0 aromatic heterocycles. The van der Waals surface area contributed by atoms with Crippen molar-refractivity contribution in [2.24, 2.45) is 0 Å². The number of hydrogen-bond donors (Lipinski definition) is 1. The van der Waals surface area contributed by atoms with Gasteiger partial charge in [-0.25, -0.2) is 0 Å². The number of hydrogen-bond acceptors (Lipinski definition) is 8. The zero-order chi connectivity index (χ0) is 26.7. The standard InChI is InChI=1S/C27H30ClNO8/c1-5-36-19-9-8-15(11-22(19)35-4)24-23(26(31)27(32)29(24)14-16-7-6-10-37-16)25(30)17-12-21(34-3)18(28)13-20(17)33-2/h8-9,11-13,16,24,30H,5-7,10,14H2,1-4H3/b25-23+. The third kappa shape index (κ3) is 5.06. The Morgan fingerprint density at radius 1 is 1.05 bits per heavy atom. The Morgan fingerprint density at radius 2 is 1.78 bits per heavy atom. The lowest BCUT2D eigenvalue weighted by atomic mass is 9.94. The monoisotopic (exact) mass is 531 g/mol. The largest absolute Gasteiger partial charge is 0.507 e. The third-order valence-electron chi connectivity index (χ3n) is 6.50. The second-order valence-electron chi connectivity index (χ2n) is 8.62. The molecule has 2 aromatic carbocycles. The number of halogens is 1. The van der Waals surface area contributed by atoms with Gasteiger partial charge in [0.2, 0.25) is 0 Å². The molecule has 0 radical (unpaired) electrons. The van der Waals surface area contributed by atoms with E-state index in [1.165, 1.54) is 38.4 Å². The molecule has 1 N–H and O–H groups in total. The number of benzene rings is 2. The number of amides is 1. The lowest BCUT2D eigenvalue weighted by Gasteiger charge is -2.28. The van der Waals surface area contributed by atoms with Crippen molar-refractivity contribution in [1.29, 1.82) is 0 Å². The molecule has 10 heteroatoms. The number of likely N-dealkylation sites (tertiary alicyclic amines) is 1. The fourth-order valence-electron chi connectivity index (χ4n) is 4.74. The number of carbonyl (C=O) groups excluding carboxylic acids is 2. The lowest BCUT2D eigenvalue weighted by molar-refractivity contribution is -0.140. The molecule has 0 aliphatic carbocycles. The maximum Gasteiger partial charge on any atom is 0.295 e. The number of methoxy groups -OCH3 is 3. The molecule has 2 unspecified atom stereocenters. The summed E-state index contributed by atoms with van der Waals surface area (Å²) < 4.78 is 27.6. The third-order valence-corrected chi connectivity index (χ3v) is 6.79. The molecule has 2 atom stereocenters. The molecular weight excluding hydrogens is 502 g/mol. The maximum absolute atomic E-state index is 13.4. The zero-order valence-corrected chi connectivity index (χ0v) is 22.0. The van der Waals surface area contributed by atoms with E-state index >= 15 is 0 Å². The summed E-state index contributed by atoms with van der Waals surface area (Å²) in [5.41, 5.74) is 0.651. The van der Waals surface area contributed by atoms with E-state index < -0.39 is 23.5 Å². The van der Waals surface area contributed by atoms with Gasteiger partial charge in [-0.1, -0.05) is 17.7 Å². The molecule has 37 heavy (non-hydrogen) atoms. The highest BCUT2D eigenvalue weighted by molar-refractivity contribution is 6.46. The second-order valence-corrected chi connectivity index (χ2v) is 9.02. The van der Waals surface area contributed by atoms with Crippen LogP contribution in [0.15, 0.2) is 35.9 Å². The SMILES string of the molecule is CCOc1ccc(C2/C(=C(\O)c3cc(OC)c(Cl)cc3OC)C(=O)C(=O)N2CC2CCCO2)cc1OC. The molecule has 2 aliphatic rings. The number of ether oxygens (including phenoxy) is 5. The molecule has 0 spiro atoms. The van der Waals surface area contributed by atoms with E-state index in [2.05, 4.69) is 0 Å². The van der Waals surface area contributed by atoms with Crippen molar-refractivity contribution in [3.05, 3.63) is 52.1 Å². The van der Waals surface area contributed by atoms with E-state index in [-0.39, 0.29) is 40.3 Å². The molecule has 9 nitrogen and oxygen atoms in total. The Labute approximate surface area is 220 Å². The highest BCUT2D eigenvalue weighted by Gasteiger charge is 2.47. The van der Waals surface area contributed by atoms with Gasteiger partial charge in [0.25, 0.3) is 11.7 Å². The quantitative estimate of drug-likeness (QED) is 0.289. The van der Waals surface area contributed by atoms with E-state index in [9.17, 15) is 14.7 Å². The fraction of sp³-hybridized carbons (Fsp3) is 0.407. The van der Waals surface area contributed by atoms with Crippen molar-refractivity contribution in [1.82, 2.24) is 4.90 Å². The average molecular weight is 532 g/mol. The van der Waals surface area contributed by atoms with Crippen molar-refractivity contribution in [2.75, 3.05) is 41.1 Å². The summed E-state index contributed by atoms with van der Waals surface area (Å²) in [6.07, 6.45) is 1.43. The summed E-state index contributed by atoms with van der Waals surface area (Å²) in [6, 6.07) is 7.22. The fourth-order valence-corrected chi connectivity index (χ4v) is 4.97. The summed E-state index contributed by atoms with van der Waals surface area (Å²) in [6.45, 7) is 3.09. The Kier molecular flexibility index (Phi) is 8.14. The van der Waals surface area contributed by atoms with Crippen LogP contribution in [0.2, 0.25) is 5.02 Å². The molecule has 1 amide bonds. The smallest absolute Gasteiger partial charge is 0.295 e. The normalized spacial score (nSPS) is 20.8. The maximum atomic E-state index is 13.4. The molecule has 2 aromatic rings. The van der Waals surface area contributed by atoms with Crippen LogP contribution in [0.3, 0.4) is 0 Å². The number of aliphatic hydroxyl groups is 1. The van der Waals surface area contributed by atoms with Crippen molar-refractivity contribution in [3.8, 4) is 23.0 Å². The van der Waals surface area contributed by atoms with Crippen LogP contribution in [0.25, 0.3) is 5.76 Å². The number of carbonyl (C=O) groups is 2. The predicted molar refractivity (Wildman–Crippen MR) is 137 cm³/mol. The van der Waals surface area contributed by atoms with E-state index in [4.69, 9.17) is 35.3 Å². The van der Waals surface area contributed by atoms with Gasteiger partial charge in [0, 0.05) is 19.2 Å². The van der Waals surface area contributed by atoms with E-state index in [1.807, 2.05) is 6.92 Å². The number of rotatable bonds is 9. The first kappa shape index (κ1) is 26.6. The van der Waals surface area contributed by atoms with E-state index in [0.717, 1.165) is 12.8 Å². The van der Waals surface area contributed by atoms with Gasteiger partial charge in [0.15, 0.2) is 11.5 Å². The van der Waals surface area contributed by atoms with Crippen LogP contribution >= 0.6 is 11.6 Å². The molecular formula is C27H30ClNO8. The molecule has 198 valence electrons. The van der Waals surface area contributed by atoms with Crippen LogP contribution in [0.4, 0.5) is 0 Å². The predicted octanol–water partition coefficient (Wildman–Crippen LogP) is 4.37. The summed E-state index contributed by atoms with van der Waals surface area (Å²) in [4.78, 5) is 28.2. The van der Waals surface area contributed by atoms with Crippen LogP contribution in [0, 0.1) is 0 Å². The van der Waals surface area contributed by atoms with E-state index in [1.54, 1.807) is 18.2 Å². The number of nitrogens with zero attached hydrogens (tertiary/aromatic N) is 1. The van der Waals surface area contributed by atoms with Crippen LogP contribution in [0.1, 0.15) is 36.9 Å². The van der Waals surface area contributed by atoms with Gasteiger partial charge in [-0.2, -0.15) is 0 Å². The summed E-state index contributed by atoms with van der Waals surface area (Å²) in [5, 5.41) is 11.8. The van der Waals surface area contributed by atoms with Gasteiger partial charge in [0.05, 0.1) is 56.2 Å². The minimum Gasteiger partial charge on any atom is -0.507 e. The number of Topliss-reactive ketones (excluding diaryl/α,β-unsaturated/α-hetero) is 1. The van der Waals surface area contributed by atoms with Crippen molar-refractivity contribution in [3.63, 3.8) is 0 Å². The number of ketones is 1. The van der Waals surface area contributed by atoms with Gasteiger partial charge in [-0.3, -0.25) is 9.59 Å². The van der Waals surface area contributed by atoms with Crippen LogP contribution in [0.5, 0.6) is 23.0 Å². The first-order valence-electron chi connectivity index (χ1n) is 12.0.